The lowest BCUT2D eigenvalue weighted by atomic mass is 9.91. The smallest absolute Gasteiger partial charge is 0.316 e. The maximum atomic E-state index is 12.9. The first-order valence-electron chi connectivity index (χ1n) is 7.00. The van der Waals surface area contributed by atoms with Crippen molar-refractivity contribution in [2.45, 2.75) is 27.2 Å². The molecule has 0 aliphatic carbocycles. The maximum absolute atomic E-state index is 12.9. The van der Waals surface area contributed by atoms with E-state index in [1.807, 2.05) is 32.9 Å². The lowest BCUT2D eigenvalue weighted by Crippen LogP contribution is -2.28. The Labute approximate surface area is 124 Å². The average Bonchev–Trinajstić information content (AvgIpc) is 2.49. The zero-order valence-corrected chi connectivity index (χ0v) is 12.5. The summed E-state index contributed by atoms with van der Waals surface area (Å²) in [6, 6.07) is 13.5. The predicted molar refractivity (Wildman–Crippen MR) is 81.5 cm³/mol. The standard InChI is InChI=1S/C18H19FO2/c1-4-18(2,3)17(20)21-16-11-7-14(8-12-16)13-5-9-15(19)10-6-13/h5-12H,4H2,1-3H3. The second-order valence-electron chi connectivity index (χ2n) is 5.66. The number of halogens is 1. The van der Waals surface area contributed by atoms with Crippen molar-refractivity contribution in [3.63, 3.8) is 0 Å². The van der Waals surface area contributed by atoms with Crippen LogP contribution in [0.25, 0.3) is 11.1 Å². The van der Waals surface area contributed by atoms with Gasteiger partial charge < -0.3 is 4.74 Å². The summed E-state index contributed by atoms with van der Waals surface area (Å²) in [6.07, 6.45) is 0.722. The fourth-order valence-corrected chi connectivity index (χ4v) is 1.75. The van der Waals surface area contributed by atoms with Crippen molar-refractivity contribution >= 4 is 5.97 Å². The lowest BCUT2D eigenvalue weighted by Gasteiger charge is -2.20. The molecule has 21 heavy (non-hydrogen) atoms. The van der Waals surface area contributed by atoms with Crippen LogP contribution in [0.15, 0.2) is 48.5 Å². The van der Waals surface area contributed by atoms with Gasteiger partial charge in [0.05, 0.1) is 5.41 Å². The minimum Gasteiger partial charge on any atom is -0.426 e. The van der Waals surface area contributed by atoms with Crippen LogP contribution in [0.4, 0.5) is 4.39 Å². The lowest BCUT2D eigenvalue weighted by molar-refractivity contribution is -0.144. The van der Waals surface area contributed by atoms with Gasteiger partial charge in [-0.1, -0.05) is 31.2 Å². The summed E-state index contributed by atoms with van der Waals surface area (Å²) < 4.78 is 18.3. The highest BCUT2D eigenvalue weighted by Gasteiger charge is 2.27. The van der Waals surface area contributed by atoms with Crippen LogP contribution in [0.5, 0.6) is 5.75 Å². The molecule has 0 spiro atoms. The van der Waals surface area contributed by atoms with Gasteiger partial charge in [0.15, 0.2) is 0 Å². The van der Waals surface area contributed by atoms with E-state index in [0.717, 1.165) is 17.5 Å². The monoisotopic (exact) mass is 286 g/mol. The molecule has 3 heteroatoms. The van der Waals surface area contributed by atoms with Crippen LogP contribution in [-0.4, -0.2) is 5.97 Å². The van der Waals surface area contributed by atoms with Gasteiger partial charge in [0, 0.05) is 0 Å². The van der Waals surface area contributed by atoms with Gasteiger partial charge in [-0.05, 0) is 55.7 Å². The number of esters is 1. The van der Waals surface area contributed by atoms with Gasteiger partial charge >= 0.3 is 5.97 Å². The van der Waals surface area contributed by atoms with Crippen LogP contribution >= 0.6 is 0 Å². The third kappa shape index (κ3) is 3.69. The van der Waals surface area contributed by atoms with Crippen molar-refractivity contribution in [2.75, 3.05) is 0 Å². The van der Waals surface area contributed by atoms with Crippen molar-refractivity contribution in [1.82, 2.24) is 0 Å². The van der Waals surface area contributed by atoms with E-state index in [0.29, 0.717) is 5.75 Å². The predicted octanol–water partition coefficient (Wildman–Crippen LogP) is 4.83. The van der Waals surface area contributed by atoms with Crippen molar-refractivity contribution in [3.8, 4) is 16.9 Å². The molecule has 0 N–H and O–H groups in total. The van der Waals surface area contributed by atoms with E-state index in [4.69, 9.17) is 4.74 Å². The minimum atomic E-state index is -0.490. The highest BCUT2D eigenvalue weighted by Crippen LogP contribution is 2.26. The Morgan fingerprint density at radius 1 is 1.00 bits per heavy atom. The Kier molecular flexibility index (Phi) is 4.41. The summed E-state index contributed by atoms with van der Waals surface area (Å²) >= 11 is 0. The molecule has 2 rings (SSSR count). The number of benzene rings is 2. The number of ether oxygens (including phenoxy) is 1. The first kappa shape index (κ1) is 15.2. The molecule has 0 aliphatic rings. The number of carbonyl (C=O) groups excluding carboxylic acids is 1. The summed E-state index contributed by atoms with van der Waals surface area (Å²) in [4.78, 5) is 12.0. The van der Waals surface area contributed by atoms with Gasteiger partial charge in [0.1, 0.15) is 11.6 Å². The number of carbonyl (C=O) groups is 1. The van der Waals surface area contributed by atoms with E-state index >= 15 is 0 Å². The topological polar surface area (TPSA) is 26.3 Å². The van der Waals surface area contributed by atoms with Crippen LogP contribution < -0.4 is 4.74 Å². The van der Waals surface area contributed by atoms with Gasteiger partial charge in [-0.15, -0.1) is 0 Å². The zero-order valence-electron chi connectivity index (χ0n) is 12.5. The van der Waals surface area contributed by atoms with Crippen LogP contribution in [0, 0.1) is 11.2 Å². The van der Waals surface area contributed by atoms with E-state index in [-0.39, 0.29) is 11.8 Å². The van der Waals surface area contributed by atoms with Crippen molar-refractivity contribution < 1.29 is 13.9 Å². The SMILES string of the molecule is CCC(C)(C)C(=O)Oc1ccc(-c2ccc(F)cc2)cc1. The molecule has 0 saturated carbocycles. The third-order valence-corrected chi connectivity index (χ3v) is 3.68. The van der Waals surface area contributed by atoms with Crippen LogP contribution in [0.3, 0.4) is 0 Å². The van der Waals surface area contributed by atoms with E-state index in [9.17, 15) is 9.18 Å². The van der Waals surface area contributed by atoms with Crippen LogP contribution in [-0.2, 0) is 4.79 Å². The second kappa shape index (κ2) is 6.08. The molecule has 0 fully saturated rings. The Morgan fingerprint density at radius 2 is 1.48 bits per heavy atom. The summed E-state index contributed by atoms with van der Waals surface area (Å²) in [7, 11) is 0. The molecule has 0 unspecified atom stereocenters. The summed E-state index contributed by atoms with van der Waals surface area (Å²) in [6.45, 7) is 5.68. The van der Waals surface area contributed by atoms with Gasteiger partial charge in [-0.2, -0.15) is 0 Å². The number of hydrogen-bond acceptors (Lipinski definition) is 2. The molecule has 2 nitrogen and oxygen atoms in total. The molecular formula is C18H19FO2. The van der Waals surface area contributed by atoms with Crippen molar-refractivity contribution in [3.05, 3.63) is 54.3 Å². The van der Waals surface area contributed by atoms with E-state index < -0.39 is 5.41 Å². The molecular weight excluding hydrogens is 267 g/mol. The fourth-order valence-electron chi connectivity index (χ4n) is 1.75. The fraction of sp³-hybridized carbons (Fsp3) is 0.278. The van der Waals surface area contributed by atoms with E-state index in [1.54, 1.807) is 24.3 Å². The van der Waals surface area contributed by atoms with E-state index in [2.05, 4.69) is 0 Å². The maximum Gasteiger partial charge on any atom is 0.316 e. The largest absolute Gasteiger partial charge is 0.426 e. The van der Waals surface area contributed by atoms with Crippen LogP contribution in [0.1, 0.15) is 27.2 Å². The molecule has 0 aromatic heterocycles. The molecule has 2 aromatic carbocycles. The van der Waals surface area contributed by atoms with Gasteiger partial charge in [0.2, 0.25) is 0 Å². The second-order valence-corrected chi connectivity index (χ2v) is 5.66. The Balaban J connectivity index is 2.12. The summed E-state index contributed by atoms with van der Waals surface area (Å²) in [5.41, 5.74) is 1.38. The average molecular weight is 286 g/mol. The molecule has 0 aliphatic heterocycles. The first-order chi connectivity index (χ1) is 9.92. The van der Waals surface area contributed by atoms with E-state index in [1.165, 1.54) is 12.1 Å². The van der Waals surface area contributed by atoms with Crippen LogP contribution in [0.2, 0.25) is 0 Å². The Morgan fingerprint density at radius 3 is 1.95 bits per heavy atom. The summed E-state index contributed by atoms with van der Waals surface area (Å²) in [5.74, 6) is 0.0259. The Bertz CT molecular complexity index is 613. The number of hydrogen-bond donors (Lipinski definition) is 0. The quantitative estimate of drug-likeness (QED) is 0.594. The summed E-state index contributed by atoms with van der Waals surface area (Å²) in [5, 5.41) is 0. The van der Waals surface area contributed by atoms with Crippen molar-refractivity contribution in [2.24, 2.45) is 5.41 Å². The third-order valence-electron chi connectivity index (χ3n) is 3.68. The molecule has 0 bridgehead atoms. The number of rotatable bonds is 4. The zero-order chi connectivity index (χ0) is 15.5. The minimum absolute atomic E-state index is 0.237. The molecule has 0 heterocycles. The highest BCUT2D eigenvalue weighted by molar-refractivity contribution is 5.78. The molecule has 0 radical (unpaired) electrons. The molecule has 0 saturated heterocycles. The van der Waals surface area contributed by atoms with Gasteiger partial charge in [0.25, 0.3) is 0 Å². The molecule has 2 aromatic rings. The first-order valence-corrected chi connectivity index (χ1v) is 7.00. The van der Waals surface area contributed by atoms with Crippen molar-refractivity contribution in [1.29, 1.82) is 0 Å². The molecule has 0 amide bonds. The Hall–Kier alpha value is -2.16. The highest BCUT2D eigenvalue weighted by atomic mass is 19.1. The molecule has 0 atom stereocenters. The molecule has 110 valence electrons. The normalized spacial score (nSPS) is 11.2. The van der Waals surface area contributed by atoms with Gasteiger partial charge in [-0.25, -0.2) is 4.39 Å². The van der Waals surface area contributed by atoms with Gasteiger partial charge in [-0.3, -0.25) is 4.79 Å².